The summed E-state index contributed by atoms with van der Waals surface area (Å²) >= 11 is 5.36. The van der Waals surface area contributed by atoms with E-state index < -0.39 is 26.0 Å². The fraction of sp³-hybridized carbons (Fsp3) is 0.143. The largest absolute Gasteiger partial charge is 0.336 e. The van der Waals surface area contributed by atoms with Crippen LogP contribution in [0.4, 0.5) is 8.28 Å². The number of rotatable bonds is 1. The second-order valence-electron chi connectivity index (χ2n) is 2.50. The Morgan fingerprint density at radius 2 is 1.92 bits per heavy atom. The fourth-order valence-corrected chi connectivity index (χ4v) is 2.04. The first-order valence-corrected chi connectivity index (χ1v) is 4.99. The number of aryl methyl sites for hydroxylation is 1. The standard InChI is InChI=1S/C7H5ClF2O2S/c1-4-2-5(8)7(6(9)3-4)13(10,11)12/h2-3H,1H3. The van der Waals surface area contributed by atoms with Crippen LogP contribution in [0.25, 0.3) is 0 Å². The van der Waals surface area contributed by atoms with E-state index in [0.717, 1.165) is 6.07 Å². The third-order valence-corrected chi connectivity index (χ3v) is 2.70. The van der Waals surface area contributed by atoms with Gasteiger partial charge in [0.2, 0.25) is 0 Å². The Balaban J connectivity index is 3.57. The summed E-state index contributed by atoms with van der Waals surface area (Å²) in [4.78, 5) is -1.10. The van der Waals surface area contributed by atoms with Gasteiger partial charge in [0.05, 0.1) is 5.02 Å². The van der Waals surface area contributed by atoms with Crippen molar-refractivity contribution in [1.29, 1.82) is 0 Å². The molecule has 0 atom stereocenters. The Bertz CT molecular complexity index is 419. The van der Waals surface area contributed by atoms with E-state index >= 15 is 0 Å². The lowest BCUT2D eigenvalue weighted by atomic mass is 10.2. The normalized spacial score (nSPS) is 11.7. The number of benzene rings is 1. The SMILES string of the molecule is Cc1cc(F)c(S(=O)(=O)F)c(Cl)c1. The minimum Gasteiger partial charge on any atom is -0.205 e. The summed E-state index contributed by atoms with van der Waals surface area (Å²) in [5.74, 6) is -1.17. The van der Waals surface area contributed by atoms with Gasteiger partial charge in [-0.15, -0.1) is 3.89 Å². The van der Waals surface area contributed by atoms with Crippen molar-refractivity contribution in [3.8, 4) is 0 Å². The van der Waals surface area contributed by atoms with Gasteiger partial charge in [0.15, 0.2) is 4.90 Å². The first-order valence-electron chi connectivity index (χ1n) is 3.22. The highest BCUT2D eigenvalue weighted by Gasteiger charge is 2.22. The lowest BCUT2D eigenvalue weighted by molar-refractivity contribution is 0.533. The topological polar surface area (TPSA) is 34.1 Å². The van der Waals surface area contributed by atoms with Gasteiger partial charge in [-0.3, -0.25) is 0 Å². The van der Waals surface area contributed by atoms with Crippen molar-refractivity contribution in [1.82, 2.24) is 0 Å². The van der Waals surface area contributed by atoms with Crippen LogP contribution in [0.3, 0.4) is 0 Å². The molecule has 0 radical (unpaired) electrons. The molecule has 6 heteroatoms. The minimum atomic E-state index is -5.09. The Morgan fingerprint density at radius 3 is 2.31 bits per heavy atom. The van der Waals surface area contributed by atoms with Gasteiger partial charge in [0.25, 0.3) is 0 Å². The molecule has 2 nitrogen and oxygen atoms in total. The first-order chi connectivity index (χ1) is 5.82. The highest BCUT2D eigenvalue weighted by Crippen LogP contribution is 2.27. The second kappa shape index (κ2) is 3.23. The lowest BCUT2D eigenvalue weighted by Gasteiger charge is -2.01. The molecule has 1 aromatic rings. The van der Waals surface area contributed by atoms with Crippen molar-refractivity contribution >= 4 is 21.8 Å². The van der Waals surface area contributed by atoms with Gasteiger partial charge < -0.3 is 0 Å². The molecule has 13 heavy (non-hydrogen) atoms. The van der Waals surface area contributed by atoms with E-state index in [4.69, 9.17) is 11.6 Å². The first kappa shape index (κ1) is 10.4. The molecule has 0 saturated carbocycles. The molecule has 0 bridgehead atoms. The Labute approximate surface area is 79.4 Å². The smallest absolute Gasteiger partial charge is 0.205 e. The number of hydrogen-bond acceptors (Lipinski definition) is 2. The van der Waals surface area contributed by atoms with Crippen LogP contribution in [-0.4, -0.2) is 8.42 Å². The zero-order chi connectivity index (χ0) is 10.2. The molecule has 0 saturated heterocycles. The van der Waals surface area contributed by atoms with E-state index in [1.54, 1.807) is 0 Å². The molecule has 0 aromatic heterocycles. The van der Waals surface area contributed by atoms with E-state index in [2.05, 4.69) is 0 Å². The van der Waals surface area contributed by atoms with E-state index in [1.165, 1.54) is 13.0 Å². The van der Waals surface area contributed by atoms with Crippen LogP contribution in [-0.2, 0) is 10.2 Å². The Hall–Kier alpha value is -0.680. The molecule has 0 aliphatic carbocycles. The van der Waals surface area contributed by atoms with Gasteiger partial charge in [-0.05, 0) is 24.6 Å². The molecule has 0 spiro atoms. The fourth-order valence-electron chi connectivity index (χ4n) is 0.920. The summed E-state index contributed by atoms with van der Waals surface area (Å²) in [6, 6.07) is 2.08. The zero-order valence-electron chi connectivity index (χ0n) is 6.51. The van der Waals surface area contributed by atoms with Crippen LogP contribution >= 0.6 is 11.6 Å². The zero-order valence-corrected chi connectivity index (χ0v) is 8.09. The molecule has 0 fully saturated rings. The molecule has 0 aliphatic heterocycles. The molecular weight excluding hydrogens is 222 g/mol. The van der Waals surface area contributed by atoms with Gasteiger partial charge in [-0.2, -0.15) is 8.42 Å². The monoisotopic (exact) mass is 226 g/mol. The van der Waals surface area contributed by atoms with Crippen LogP contribution in [0, 0.1) is 12.7 Å². The molecule has 0 amide bonds. The maximum absolute atomic E-state index is 12.9. The van der Waals surface area contributed by atoms with Crippen LogP contribution in [0.1, 0.15) is 5.56 Å². The summed E-state index contributed by atoms with van der Waals surface area (Å²) in [6.07, 6.45) is 0. The van der Waals surface area contributed by atoms with Crippen molar-refractivity contribution in [3.05, 3.63) is 28.5 Å². The maximum Gasteiger partial charge on any atom is 0.336 e. The Morgan fingerprint density at radius 1 is 1.38 bits per heavy atom. The van der Waals surface area contributed by atoms with Crippen LogP contribution in [0.2, 0.25) is 5.02 Å². The average molecular weight is 227 g/mol. The summed E-state index contributed by atoms with van der Waals surface area (Å²) in [6.45, 7) is 1.52. The van der Waals surface area contributed by atoms with Gasteiger partial charge >= 0.3 is 10.2 Å². The highest BCUT2D eigenvalue weighted by atomic mass is 35.5. The average Bonchev–Trinajstić information content (AvgIpc) is 1.78. The van der Waals surface area contributed by atoms with Crippen molar-refractivity contribution in [3.63, 3.8) is 0 Å². The maximum atomic E-state index is 12.9. The van der Waals surface area contributed by atoms with Gasteiger partial charge in [-0.1, -0.05) is 11.6 Å². The molecule has 1 aromatic carbocycles. The van der Waals surface area contributed by atoms with E-state index in [9.17, 15) is 16.7 Å². The predicted molar refractivity (Wildman–Crippen MR) is 44.4 cm³/mol. The second-order valence-corrected chi connectivity index (χ2v) is 4.19. The molecule has 0 heterocycles. The third kappa shape index (κ3) is 2.16. The lowest BCUT2D eigenvalue weighted by Crippen LogP contribution is -1.98. The summed E-state index contributed by atoms with van der Waals surface area (Å²) in [5.41, 5.74) is 0.426. The number of halogens is 3. The summed E-state index contributed by atoms with van der Waals surface area (Å²) in [5, 5.41) is -0.444. The third-order valence-electron chi connectivity index (χ3n) is 1.39. The van der Waals surface area contributed by atoms with Gasteiger partial charge in [-0.25, -0.2) is 4.39 Å². The van der Waals surface area contributed by atoms with Crippen LogP contribution < -0.4 is 0 Å². The minimum absolute atomic E-state index is 0.426. The van der Waals surface area contributed by atoms with E-state index in [-0.39, 0.29) is 0 Å². The van der Waals surface area contributed by atoms with Crippen molar-refractivity contribution < 1.29 is 16.7 Å². The van der Waals surface area contributed by atoms with Gasteiger partial charge in [0.1, 0.15) is 5.82 Å². The van der Waals surface area contributed by atoms with Crippen LogP contribution in [0.15, 0.2) is 17.0 Å². The Kier molecular flexibility index (Phi) is 2.58. The molecular formula is C7H5ClF2O2S. The molecule has 0 aliphatic rings. The van der Waals surface area contributed by atoms with Crippen LogP contribution in [0.5, 0.6) is 0 Å². The van der Waals surface area contributed by atoms with E-state index in [1.807, 2.05) is 0 Å². The van der Waals surface area contributed by atoms with Crippen molar-refractivity contribution in [2.45, 2.75) is 11.8 Å². The quantitative estimate of drug-likeness (QED) is 0.690. The van der Waals surface area contributed by atoms with Crippen molar-refractivity contribution in [2.24, 2.45) is 0 Å². The number of hydrogen-bond donors (Lipinski definition) is 0. The van der Waals surface area contributed by atoms with E-state index in [0.29, 0.717) is 5.56 Å². The van der Waals surface area contributed by atoms with Crippen molar-refractivity contribution in [2.75, 3.05) is 0 Å². The highest BCUT2D eigenvalue weighted by molar-refractivity contribution is 7.86. The predicted octanol–water partition coefficient (Wildman–Crippen LogP) is 2.45. The van der Waals surface area contributed by atoms with Gasteiger partial charge in [0, 0.05) is 0 Å². The molecule has 0 N–H and O–H groups in total. The summed E-state index contributed by atoms with van der Waals surface area (Å²) in [7, 11) is -5.09. The molecule has 1 rings (SSSR count). The molecule has 72 valence electrons. The molecule has 0 unspecified atom stereocenters. The summed E-state index contributed by atoms with van der Waals surface area (Å²) < 4.78 is 46.1.